The summed E-state index contributed by atoms with van der Waals surface area (Å²) in [5.41, 5.74) is 3.47. The average Bonchev–Trinajstić information content (AvgIpc) is 3.07. The minimum Gasteiger partial charge on any atom is -0.285 e. The van der Waals surface area contributed by atoms with Gasteiger partial charge in [0, 0.05) is 29.1 Å². The molecule has 136 valence electrons. The SMILES string of the molecule is Cc1ccn2c(c1)nc1c3ccccc3c(=O)n(-c3ccc([N+](=O)[O-])cc3)c12. The largest absolute Gasteiger partial charge is 0.285 e. The zero-order valence-electron chi connectivity index (χ0n) is 14.9. The maximum atomic E-state index is 13.4. The Balaban J connectivity index is 1.98. The van der Waals surface area contributed by atoms with Crippen LogP contribution in [0.25, 0.3) is 33.3 Å². The molecule has 28 heavy (non-hydrogen) atoms. The fourth-order valence-electron chi connectivity index (χ4n) is 3.58. The van der Waals surface area contributed by atoms with E-state index in [1.807, 2.05) is 47.9 Å². The highest BCUT2D eigenvalue weighted by Crippen LogP contribution is 2.26. The number of nitro benzene ring substituents is 1. The Hall–Kier alpha value is -4.00. The maximum Gasteiger partial charge on any atom is 0.269 e. The van der Waals surface area contributed by atoms with E-state index in [0.717, 1.165) is 16.6 Å². The molecular formula is C21H14N4O3. The van der Waals surface area contributed by atoms with Gasteiger partial charge in [-0.25, -0.2) is 4.98 Å². The van der Waals surface area contributed by atoms with E-state index < -0.39 is 4.92 Å². The molecule has 7 heteroatoms. The Labute approximate surface area is 158 Å². The summed E-state index contributed by atoms with van der Waals surface area (Å²) in [7, 11) is 0. The van der Waals surface area contributed by atoms with E-state index in [9.17, 15) is 14.9 Å². The number of pyridine rings is 2. The second-order valence-corrected chi connectivity index (χ2v) is 6.68. The van der Waals surface area contributed by atoms with Crippen molar-refractivity contribution >= 4 is 33.3 Å². The highest BCUT2D eigenvalue weighted by Gasteiger charge is 2.18. The van der Waals surface area contributed by atoms with Crippen molar-refractivity contribution < 1.29 is 4.92 Å². The van der Waals surface area contributed by atoms with Crippen LogP contribution in [0.3, 0.4) is 0 Å². The average molecular weight is 370 g/mol. The van der Waals surface area contributed by atoms with Crippen LogP contribution in [-0.4, -0.2) is 18.9 Å². The van der Waals surface area contributed by atoms with Crippen LogP contribution in [0.1, 0.15) is 5.56 Å². The van der Waals surface area contributed by atoms with Gasteiger partial charge in [0.15, 0.2) is 5.65 Å². The number of aromatic nitrogens is 3. The van der Waals surface area contributed by atoms with E-state index in [0.29, 0.717) is 22.2 Å². The second-order valence-electron chi connectivity index (χ2n) is 6.68. The minimum atomic E-state index is -0.459. The molecule has 7 nitrogen and oxygen atoms in total. The summed E-state index contributed by atoms with van der Waals surface area (Å²) in [4.78, 5) is 28.7. The summed E-state index contributed by atoms with van der Waals surface area (Å²) >= 11 is 0. The topological polar surface area (TPSA) is 82.4 Å². The van der Waals surface area contributed by atoms with Crippen molar-refractivity contribution in [3.8, 4) is 5.69 Å². The summed E-state index contributed by atoms with van der Waals surface area (Å²) in [6.45, 7) is 1.99. The molecule has 0 spiro atoms. The number of imidazole rings is 1. The van der Waals surface area contributed by atoms with E-state index in [1.54, 1.807) is 22.8 Å². The molecule has 0 saturated heterocycles. The van der Waals surface area contributed by atoms with Crippen LogP contribution in [0, 0.1) is 17.0 Å². The molecule has 0 aliphatic rings. The normalized spacial score (nSPS) is 11.5. The Morgan fingerprint density at radius 2 is 1.71 bits per heavy atom. The predicted molar refractivity (Wildman–Crippen MR) is 107 cm³/mol. The van der Waals surface area contributed by atoms with Crippen molar-refractivity contribution in [1.82, 2.24) is 14.0 Å². The molecule has 0 saturated carbocycles. The third kappa shape index (κ3) is 2.23. The minimum absolute atomic E-state index is 0.0254. The maximum absolute atomic E-state index is 13.4. The number of fused-ring (bicyclic) bond motifs is 5. The lowest BCUT2D eigenvalue weighted by Crippen LogP contribution is -2.20. The van der Waals surface area contributed by atoms with Gasteiger partial charge in [0.25, 0.3) is 11.2 Å². The van der Waals surface area contributed by atoms with Crippen LogP contribution in [0.5, 0.6) is 0 Å². The number of rotatable bonds is 2. The van der Waals surface area contributed by atoms with E-state index in [-0.39, 0.29) is 11.2 Å². The third-order valence-electron chi connectivity index (χ3n) is 4.90. The second kappa shape index (κ2) is 5.75. The number of hydrogen-bond acceptors (Lipinski definition) is 4. The Kier molecular flexibility index (Phi) is 3.33. The summed E-state index contributed by atoms with van der Waals surface area (Å²) in [5.74, 6) is 0. The first-order valence-corrected chi connectivity index (χ1v) is 8.71. The van der Waals surface area contributed by atoms with Gasteiger partial charge in [0.2, 0.25) is 0 Å². The molecule has 0 bridgehead atoms. The number of nitrogens with zero attached hydrogens (tertiary/aromatic N) is 4. The molecule has 3 aromatic heterocycles. The molecule has 0 aliphatic heterocycles. The van der Waals surface area contributed by atoms with Crippen LogP contribution < -0.4 is 5.56 Å². The number of benzene rings is 2. The molecule has 0 unspecified atom stereocenters. The number of aryl methyl sites for hydroxylation is 1. The lowest BCUT2D eigenvalue weighted by molar-refractivity contribution is -0.384. The predicted octanol–water partition coefficient (Wildman–Crippen LogP) is 4.01. The molecule has 0 N–H and O–H groups in total. The monoisotopic (exact) mass is 370 g/mol. The van der Waals surface area contributed by atoms with Crippen molar-refractivity contribution in [2.24, 2.45) is 0 Å². The van der Waals surface area contributed by atoms with Crippen molar-refractivity contribution in [2.75, 3.05) is 0 Å². The van der Waals surface area contributed by atoms with Gasteiger partial charge in [-0.05, 0) is 42.8 Å². The van der Waals surface area contributed by atoms with E-state index in [4.69, 9.17) is 4.98 Å². The van der Waals surface area contributed by atoms with Crippen molar-refractivity contribution in [3.63, 3.8) is 0 Å². The van der Waals surface area contributed by atoms with Crippen LogP contribution in [0.2, 0.25) is 0 Å². The number of non-ortho nitro benzene ring substituents is 1. The van der Waals surface area contributed by atoms with Gasteiger partial charge in [-0.15, -0.1) is 0 Å². The lowest BCUT2D eigenvalue weighted by atomic mass is 10.1. The van der Waals surface area contributed by atoms with Crippen molar-refractivity contribution in [1.29, 1.82) is 0 Å². The van der Waals surface area contributed by atoms with Gasteiger partial charge in [-0.1, -0.05) is 18.2 Å². The van der Waals surface area contributed by atoms with E-state index in [2.05, 4.69) is 0 Å². The third-order valence-corrected chi connectivity index (χ3v) is 4.90. The summed E-state index contributed by atoms with van der Waals surface area (Å²) in [6, 6.07) is 17.2. The quantitative estimate of drug-likeness (QED) is 0.347. The van der Waals surface area contributed by atoms with Gasteiger partial charge in [0.1, 0.15) is 11.2 Å². The van der Waals surface area contributed by atoms with Crippen LogP contribution >= 0.6 is 0 Å². The molecule has 0 aliphatic carbocycles. The molecule has 2 aromatic carbocycles. The molecule has 5 aromatic rings. The lowest BCUT2D eigenvalue weighted by Gasteiger charge is -2.11. The van der Waals surface area contributed by atoms with Crippen LogP contribution in [0.4, 0.5) is 5.69 Å². The van der Waals surface area contributed by atoms with Crippen LogP contribution in [0.15, 0.2) is 71.7 Å². The van der Waals surface area contributed by atoms with E-state index >= 15 is 0 Å². The first-order valence-electron chi connectivity index (χ1n) is 8.71. The van der Waals surface area contributed by atoms with E-state index in [1.165, 1.54) is 12.1 Å². The molecule has 0 atom stereocenters. The summed E-state index contributed by atoms with van der Waals surface area (Å²) in [6.07, 6.45) is 1.89. The van der Waals surface area contributed by atoms with Crippen molar-refractivity contribution in [3.05, 3.63) is 92.9 Å². The number of nitro groups is 1. The van der Waals surface area contributed by atoms with Gasteiger partial charge >= 0.3 is 0 Å². The van der Waals surface area contributed by atoms with Crippen molar-refractivity contribution in [2.45, 2.75) is 6.92 Å². The van der Waals surface area contributed by atoms with Gasteiger partial charge in [-0.3, -0.25) is 23.9 Å². The van der Waals surface area contributed by atoms with Gasteiger partial charge < -0.3 is 0 Å². The fraction of sp³-hybridized carbons (Fsp3) is 0.0476. The fourth-order valence-corrected chi connectivity index (χ4v) is 3.58. The van der Waals surface area contributed by atoms with Crippen LogP contribution in [-0.2, 0) is 0 Å². The molecule has 5 rings (SSSR count). The molecule has 0 amide bonds. The Morgan fingerprint density at radius 3 is 2.43 bits per heavy atom. The van der Waals surface area contributed by atoms with Gasteiger partial charge in [-0.2, -0.15) is 0 Å². The zero-order chi connectivity index (χ0) is 19.4. The zero-order valence-corrected chi connectivity index (χ0v) is 14.9. The Bertz CT molecular complexity index is 1460. The molecule has 0 fully saturated rings. The smallest absolute Gasteiger partial charge is 0.269 e. The molecule has 3 heterocycles. The highest BCUT2D eigenvalue weighted by molar-refractivity contribution is 6.04. The summed E-state index contributed by atoms with van der Waals surface area (Å²) < 4.78 is 3.44. The van der Waals surface area contributed by atoms with Gasteiger partial charge in [0.05, 0.1) is 10.6 Å². The first-order chi connectivity index (χ1) is 13.5. The number of hydrogen-bond donors (Lipinski definition) is 0. The Morgan fingerprint density at radius 1 is 1.00 bits per heavy atom. The molecule has 0 radical (unpaired) electrons. The first kappa shape index (κ1) is 16.2. The highest BCUT2D eigenvalue weighted by atomic mass is 16.6. The molecular weight excluding hydrogens is 356 g/mol. The standard InChI is InChI=1S/C21H14N4O3/c1-13-10-11-23-18(12-13)22-19-16-4-2-3-5-17(16)21(26)24(20(19)23)14-6-8-15(9-7-14)25(27)28/h2-12H,1H3. The summed E-state index contributed by atoms with van der Waals surface area (Å²) in [5, 5.41) is 12.3.